The summed E-state index contributed by atoms with van der Waals surface area (Å²) in [4.78, 5) is 16.7. The molecule has 1 aliphatic heterocycles. The van der Waals surface area contributed by atoms with Crippen molar-refractivity contribution in [3.8, 4) is 17.2 Å². The molecule has 8 nitrogen and oxygen atoms in total. The number of fused-ring (bicyclic) bond motifs is 1. The third-order valence-electron chi connectivity index (χ3n) is 3.57. The molecular weight excluding hydrogens is 312 g/mol. The van der Waals surface area contributed by atoms with Crippen LogP contribution in [0.4, 0.5) is 5.82 Å². The first kappa shape index (κ1) is 15.7. The number of rotatable bonds is 5. The van der Waals surface area contributed by atoms with E-state index in [-0.39, 0.29) is 5.91 Å². The minimum absolute atomic E-state index is 0.338. The summed E-state index contributed by atoms with van der Waals surface area (Å²) in [6.07, 6.45) is 1.06. The summed E-state index contributed by atoms with van der Waals surface area (Å²) in [6.45, 7) is 0. The number of ether oxygens (including phenoxy) is 3. The minimum atomic E-state index is -0.569. The van der Waals surface area contributed by atoms with Gasteiger partial charge in [-0.15, -0.1) is 5.11 Å². The van der Waals surface area contributed by atoms with Crippen molar-refractivity contribution >= 4 is 11.7 Å². The molecule has 0 fully saturated rings. The minimum Gasteiger partial charge on any atom is -0.493 e. The molecule has 1 aliphatic rings. The van der Waals surface area contributed by atoms with Gasteiger partial charge in [0.1, 0.15) is 0 Å². The van der Waals surface area contributed by atoms with Crippen LogP contribution in [-0.4, -0.2) is 32.2 Å². The van der Waals surface area contributed by atoms with Crippen molar-refractivity contribution in [2.24, 2.45) is 10.2 Å². The van der Waals surface area contributed by atoms with Crippen molar-refractivity contribution in [1.82, 2.24) is 10.3 Å². The maximum atomic E-state index is 12.6. The Morgan fingerprint density at radius 3 is 2.46 bits per heavy atom. The molecule has 1 unspecified atom stereocenters. The summed E-state index contributed by atoms with van der Waals surface area (Å²) >= 11 is 0. The highest BCUT2D eigenvalue weighted by atomic mass is 16.5. The number of carbonyl (C=O) groups excluding carboxylic acids is 1. The molecule has 0 saturated carbocycles. The fourth-order valence-corrected chi connectivity index (χ4v) is 2.41. The van der Waals surface area contributed by atoms with Gasteiger partial charge in [0, 0.05) is 17.3 Å². The Morgan fingerprint density at radius 1 is 1.12 bits per heavy atom. The molecule has 2 aromatic rings. The molecule has 1 amide bonds. The molecule has 8 heteroatoms. The lowest BCUT2D eigenvalue weighted by molar-refractivity contribution is 0.0937. The molecule has 0 radical (unpaired) electrons. The van der Waals surface area contributed by atoms with Gasteiger partial charge in [-0.1, -0.05) is 0 Å². The molecular formula is C16H16N4O4. The Labute approximate surface area is 138 Å². The van der Waals surface area contributed by atoms with E-state index in [9.17, 15) is 4.79 Å². The summed E-state index contributed by atoms with van der Waals surface area (Å²) < 4.78 is 15.8. The predicted molar refractivity (Wildman–Crippen MR) is 85.1 cm³/mol. The van der Waals surface area contributed by atoms with Crippen LogP contribution in [0.25, 0.3) is 0 Å². The average Bonchev–Trinajstić information content (AvgIpc) is 3.03. The highest BCUT2D eigenvalue weighted by Crippen LogP contribution is 2.38. The van der Waals surface area contributed by atoms with Gasteiger partial charge in [0.2, 0.25) is 5.75 Å². The second kappa shape index (κ2) is 6.53. The summed E-state index contributed by atoms with van der Waals surface area (Å²) in [5.41, 5.74) is 1.11. The van der Waals surface area contributed by atoms with Crippen LogP contribution in [-0.2, 0) is 0 Å². The molecule has 1 aromatic carbocycles. The molecule has 24 heavy (non-hydrogen) atoms. The first-order chi connectivity index (χ1) is 11.7. The highest BCUT2D eigenvalue weighted by Gasteiger charge is 2.24. The predicted octanol–water partition coefficient (Wildman–Crippen LogP) is 2.63. The van der Waals surface area contributed by atoms with Crippen LogP contribution in [0.15, 0.2) is 40.7 Å². The van der Waals surface area contributed by atoms with Crippen LogP contribution in [0.2, 0.25) is 0 Å². The van der Waals surface area contributed by atoms with Gasteiger partial charge in [-0.05, 0) is 24.3 Å². The number of methoxy groups -OCH3 is 3. The Hall–Kier alpha value is -3.16. The topological polar surface area (TPSA) is 94.4 Å². The molecule has 1 N–H and O–H groups in total. The number of aromatic nitrogens is 1. The number of hydrogen-bond acceptors (Lipinski definition) is 7. The van der Waals surface area contributed by atoms with Gasteiger partial charge in [0.15, 0.2) is 23.5 Å². The first-order valence-corrected chi connectivity index (χ1v) is 7.14. The lowest BCUT2D eigenvalue weighted by Crippen LogP contribution is -2.26. The van der Waals surface area contributed by atoms with Crippen molar-refractivity contribution in [2.45, 2.75) is 6.17 Å². The maximum Gasteiger partial charge on any atom is 0.253 e. The van der Waals surface area contributed by atoms with Crippen molar-refractivity contribution in [3.63, 3.8) is 0 Å². The zero-order valence-electron chi connectivity index (χ0n) is 13.4. The molecule has 1 atom stereocenters. The summed E-state index contributed by atoms with van der Waals surface area (Å²) in [6, 6.07) is 6.75. The van der Waals surface area contributed by atoms with E-state index in [0.717, 1.165) is 5.56 Å². The number of benzene rings is 1. The van der Waals surface area contributed by atoms with Gasteiger partial charge in [0.05, 0.1) is 21.3 Å². The van der Waals surface area contributed by atoms with E-state index in [1.807, 2.05) is 6.07 Å². The number of amides is 1. The molecule has 2 heterocycles. The van der Waals surface area contributed by atoms with E-state index >= 15 is 0 Å². The lowest BCUT2D eigenvalue weighted by Gasteiger charge is -2.15. The van der Waals surface area contributed by atoms with E-state index in [1.54, 1.807) is 24.4 Å². The Balaban J connectivity index is 1.87. The normalized spacial score (nSPS) is 14.9. The van der Waals surface area contributed by atoms with Gasteiger partial charge in [-0.2, -0.15) is 5.11 Å². The number of pyridine rings is 1. The quantitative estimate of drug-likeness (QED) is 0.910. The van der Waals surface area contributed by atoms with Crippen LogP contribution in [0.1, 0.15) is 22.1 Å². The monoisotopic (exact) mass is 328 g/mol. The van der Waals surface area contributed by atoms with Crippen LogP contribution in [0, 0.1) is 0 Å². The number of nitrogens with zero attached hydrogens (tertiary/aromatic N) is 3. The smallest absolute Gasteiger partial charge is 0.253 e. The summed E-state index contributed by atoms with van der Waals surface area (Å²) in [7, 11) is 4.49. The van der Waals surface area contributed by atoms with Gasteiger partial charge in [-0.25, -0.2) is 4.98 Å². The second-order valence-corrected chi connectivity index (χ2v) is 4.92. The highest BCUT2D eigenvalue weighted by molar-refractivity contribution is 5.96. The van der Waals surface area contributed by atoms with Gasteiger partial charge in [0.25, 0.3) is 5.91 Å². The number of azo groups is 1. The van der Waals surface area contributed by atoms with E-state index in [4.69, 9.17) is 14.2 Å². The largest absolute Gasteiger partial charge is 0.493 e. The fourth-order valence-electron chi connectivity index (χ4n) is 2.41. The van der Waals surface area contributed by atoms with Gasteiger partial charge >= 0.3 is 0 Å². The second-order valence-electron chi connectivity index (χ2n) is 4.92. The van der Waals surface area contributed by atoms with Crippen LogP contribution in [0.3, 0.4) is 0 Å². The summed E-state index contributed by atoms with van der Waals surface area (Å²) in [5, 5.41) is 10.8. The van der Waals surface area contributed by atoms with E-state index in [0.29, 0.717) is 28.6 Å². The Kier molecular flexibility index (Phi) is 4.28. The molecule has 0 saturated heterocycles. The third kappa shape index (κ3) is 2.73. The fraction of sp³-hybridized carbons (Fsp3) is 0.250. The number of hydrogen-bond donors (Lipinski definition) is 1. The summed E-state index contributed by atoms with van der Waals surface area (Å²) in [5.74, 6) is 1.39. The van der Waals surface area contributed by atoms with E-state index in [2.05, 4.69) is 20.5 Å². The maximum absolute atomic E-state index is 12.6. The van der Waals surface area contributed by atoms with Crippen molar-refractivity contribution in [3.05, 3.63) is 41.6 Å². The van der Waals surface area contributed by atoms with Crippen LogP contribution >= 0.6 is 0 Å². The molecule has 124 valence electrons. The van der Waals surface area contributed by atoms with Crippen molar-refractivity contribution in [1.29, 1.82) is 0 Å². The van der Waals surface area contributed by atoms with Crippen molar-refractivity contribution < 1.29 is 19.0 Å². The van der Waals surface area contributed by atoms with Crippen LogP contribution in [0.5, 0.6) is 17.2 Å². The van der Waals surface area contributed by atoms with E-state index in [1.165, 1.54) is 21.3 Å². The molecule has 0 spiro atoms. The number of carbonyl (C=O) groups is 1. The van der Waals surface area contributed by atoms with E-state index < -0.39 is 6.17 Å². The van der Waals surface area contributed by atoms with Crippen molar-refractivity contribution in [2.75, 3.05) is 21.3 Å². The lowest BCUT2D eigenvalue weighted by atomic mass is 10.1. The van der Waals surface area contributed by atoms with Gasteiger partial charge < -0.3 is 19.5 Å². The number of nitrogens with one attached hydrogen (secondary N) is 1. The average molecular weight is 328 g/mol. The Bertz CT molecular complexity index is 781. The standard InChI is InChI=1S/C16H16N4O4/c1-22-11-7-9(8-12(23-2)13(11)24-3)16(21)18-15-10-5-4-6-17-14(10)19-20-15/h4-8,15H,1-3H3,(H,18,21). The molecule has 3 rings (SSSR count). The molecule has 1 aromatic heterocycles. The zero-order chi connectivity index (χ0) is 17.1. The molecule has 0 aliphatic carbocycles. The van der Waals surface area contributed by atoms with Gasteiger partial charge in [-0.3, -0.25) is 4.79 Å². The SMILES string of the molecule is COc1cc(C(=O)NC2N=Nc3ncccc32)cc(OC)c1OC. The first-order valence-electron chi connectivity index (χ1n) is 7.14. The Morgan fingerprint density at radius 2 is 1.83 bits per heavy atom. The zero-order valence-corrected chi connectivity index (χ0v) is 13.4. The van der Waals surface area contributed by atoms with Crippen LogP contribution < -0.4 is 19.5 Å². The third-order valence-corrected chi connectivity index (χ3v) is 3.57. The molecule has 0 bridgehead atoms.